The van der Waals surface area contributed by atoms with E-state index < -0.39 is 5.97 Å². The second kappa shape index (κ2) is 9.51. The first-order chi connectivity index (χ1) is 12.1. The number of benzene rings is 1. The fourth-order valence-corrected chi connectivity index (χ4v) is 4.51. The van der Waals surface area contributed by atoms with Gasteiger partial charge in [0.25, 0.3) is 0 Å². The van der Waals surface area contributed by atoms with E-state index in [9.17, 15) is 9.59 Å². The third kappa shape index (κ3) is 5.26. The highest BCUT2D eigenvalue weighted by molar-refractivity contribution is 8.04. The molecule has 0 radical (unpaired) electrons. The maximum atomic E-state index is 12.2. The summed E-state index contributed by atoms with van der Waals surface area (Å²) in [6.07, 6.45) is 0. The molecular formula is C17H16N2O3S3. The van der Waals surface area contributed by atoms with E-state index in [1.54, 1.807) is 13.8 Å². The molecule has 0 fully saturated rings. The van der Waals surface area contributed by atoms with E-state index in [1.807, 2.05) is 35.7 Å². The van der Waals surface area contributed by atoms with Crippen molar-refractivity contribution in [3.63, 3.8) is 0 Å². The van der Waals surface area contributed by atoms with E-state index in [0.717, 1.165) is 28.0 Å². The van der Waals surface area contributed by atoms with Crippen molar-refractivity contribution < 1.29 is 14.3 Å². The SMILES string of the molecule is CCOC(=O)c1sc(NC(=O)CSc2ccccc2)c(SC#N)c1C. The molecule has 0 atom stereocenters. The maximum Gasteiger partial charge on any atom is 0.348 e. The quantitative estimate of drug-likeness (QED) is 0.423. The van der Waals surface area contributed by atoms with Crippen molar-refractivity contribution in [2.75, 3.05) is 17.7 Å². The van der Waals surface area contributed by atoms with Crippen molar-refractivity contribution in [1.29, 1.82) is 5.26 Å². The average molecular weight is 393 g/mol. The molecule has 25 heavy (non-hydrogen) atoms. The number of thiocyanates is 1. The van der Waals surface area contributed by atoms with Crippen molar-refractivity contribution >= 4 is 51.7 Å². The molecule has 0 unspecified atom stereocenters. The Morgan fingerprint density at radius 2 is 2.04 bits per heavy atom. The Morgan fingerprint density at radius 3 is 2.68 bits per heavy atom. The van der Waals surface area contributed by atoms with Crippen molar-refractivity contribution in [3.8, 4) is 5.40 Å². The van der Waals surface area contributed by atoms with Crippen LogP contribution in [0.2, 0.25) is 0 Å². The molecule has 1 N–H and O–H groups in total. The van der Waals surface area contributed by atoms with Gasteiger partial charge in [0.05, 0.1) is 17.3 Å². The summed E-state index contributed by atoms with van der Waals surface area (Å²) in [5.41, 5.74) is 0.654. The number of amides is 1. The summed E-state index contributed by atoms with van der Waals surface area (Å²) in [6.45, 7) is 3.75. The lowest BCUT2D eigenvalue weighted by atomic mass is 10.3. The zero-order chi connectivity index (χ0) is 18.2. The van der Waals surface area contributed by atoms with E-state index in [-0.39, 0.29) is 18.3 Å². The number of thiophene rings is 1. The van der Waals surface area contributed by atoms with Gasteiger partial charge in [-0.3, -0.25) is 4.79 Å². The van der Waals surface area contributed by atoms with Gasteiger partial charge in [0.15, 0.2) is 0 Å². The Kier molecular flexibility index (Phi) is 7.37. The Labute approximate surface area is 158 Å². The van der Waals surface area contributed by atoms with Crippen LogP contribution in [0.4, 0.5) is 5.00 Å². The zero-order valence-corrected chi connectivity index (χ0v) is 16.1. The summed E-state index contributed by atoms with van der Waals surface area (Å²) in [5, 5.41) is 14.3. The zero-order valence-electron chi connectivity index (χ0n) is 13.7. The topological polar surface area (TPSA) is 79.2 Å². The third-order valence-corrected chi connectivity index (χ3v) is 6.20. The molecule has 0 saturated carbocycles. The summed E-state index contributed by atoms with van der Waals surface area (Å²) in [6, 6.07) is 9.61. The van der Waals surface area contributed by atoms with Gasteiger partial charge in [-0.15, -0.1) is 23.1 Å². The minimum atomic E-state index is -0.441. The number of carbonyl (C=O) groups is 2. The minimum Gasteiger partial charge on any atom is -0.462 e. The first kappa shape index (κ1) is 19.4. The van der Waals surface area contributed by atoms with Crippen LogP contribution < -0.4 is 5.32 Å². The predicted octanol–water partition coefficient (Wildman–Crippen LogP) is 4.54. The van der Waals surface area contributed by atoms with Crippen LogP contribution in [0.1, 0.15) is 22.2 Å². The van der Waals surface area contributed by atoms with Crippen LogP contribution in [-0.2, 0) is 9.53 Å². The number of nitrogens with one attached hydrogen (secondary N) is 1. The highest BCUT2D eigenvalue weighted by atomic mass is 32.2. The minimum absolute atomic E-state index is 0.190. The number of nitriles is 1. The van der Waals surface area contributed by atoms with Gasteiger partial charge in [-0.05, 0) is 43.3 Å². The van der Waals surface area contributed by atoms with Crippen LogP contribution in [0.5, 0.6) is 0 Å². The monoisotopic (exact) mass is 392 g/mol. The lowest BCUT2D eigenvalue weighted by Crippen LogP contribution is -2.13. The number of hydrogen-bond acceptors (Lipinski definition) is 7. The molecule has 0 aliphatic heterocycles. The van der Waals surface area contributed by atoms with Crippen LogP contribution in [0.25, 0.3) is 0 Å². The molecule has 2 rings (SSSR count). The molecule has 1 aromatic carbocycles. The summed E-state index contributed by atoms with van der Waals surface area (Å²) in [4.78, 5) is 26.2. The largest absolute Gasteiger partial charge is 0.462 e. The van der Waals surface area contributed by atoms with Crippen molar-refractivity contribution in [2.24, 2.45) is 0 Å². The second-order valence-electron chi connectivity index (χ2n) is 4.78. The Morgan fingerprint density at radius 1 is 1.32 bits per heavy atom. The fourth-order valence-electron chi connectivity index (χ4n) is 1.97. The van der Waals surface area contributed by atoms with Gasteiger partial charge in [-0.25, -0.2) is 4.79 Å². The molecule has 0 aliphatic carbocycles. The molecule has 2 aromatic rings. The molecule has 0 bridgehead atoms. The number of rotatable bonds is 7. The number of anilines is 1. The van der Waals surface area contributed by atoms with E-state index >= 15 is 0 Å². The molecule has 8 heteroatoms. The van der Waals surface area contributed by atoms with E-state index in [4.69, 9.17) is 10.00 Å². The Bertz CT molecular complexity index is 797. The summed E-state index contributed by atoms with van der Waals surface area (Å²) < 4.78 is 5.03. The van der Waals surface area contributed by atoms with Crippen LogP contribution in [0, 0.1) is 17.6 Å². The number of hydrogen-bond donors (Lipinski definition) is 1. The maximum absolute atomic E-state index is 12.2. The molecule has 1 aromatic heterocycles. The molecular weight excluding hydrogens is 376 g/mol. The highest BCUT2D eigenvalue weighted by Gasteiger charge is 2.22. The van der Waals surface area contributed by atoms with Crippen molar-refractivity contribution in [1.82, 2.24) is 0 Å². The van der Waals surface area contributed by atoms with Gasteiger partial charge in [0.2, 0.25) is 5.91 Å². The van der Waals surface area contributed by atoms with Crippen molar-refractivity contribution in [3.05, 3.63) is 40.8 Å². The predicted molar refractivity (Wildman–Crippen MR) is 102 cm³/mol. The van der Waals surface area contributed by atoms with Gasteiger partial charge in [-0.1, -0.05) is 18.2 Å². The first-order valence-corrected chi connectivity index (χ1v) is 10.0. The Hall–Kier alpha value is -1.95. The standard InChI is InChI=1S/C17H16N2O3S3/c1-3-22-17(21)15-11(2)14(24-10-18)16(25-15)19-13(20)9-23-12-7-5-4-6-8-12/h4-8H,3,9H2,1-2H3,(H,19,20). The molecule has 0 spiro atoms. The smallest absolute Gasteiger partial charge is 0.348 e. The average Bonchev–Trinajstić information content (AvgIpc) is 2.91. The molecule has 0 saturated heterocycles. The fraction of sp³-hybridized carbons (Fsp3) is 0.235. The molecule has 1 heterocycles. The number of esters is 1. The lowest BCUT2D eigenvalue weighted by molar-refractivity contribution is -0.113. The number of thioether (sulfide) groups is 2. The van der Waals surface area contributed by atoms with Gasteiger partial charge in [-0.2, -0.15) is 5.26 Å². The van der Waals surface area contributed by atoms with E-state index in [0.29, 0.717) is 20.3 Å². The van der Waals surface area contributed by atoms with Crippen LogP contribution in [0.3, 0.4) is 0 Å². The summed E-state index contributed by atoms with van der Waals surface area (Å²) >= 11 is 3.49. The number of carbonyl (C=O) groups excluding carboxylic acids is 2. The van der Waals surface area contributed by atoms with Gasteiger partial charge in [0.1, 0.15) is 15.3 Å². The van der Waals surface area contributed by atoms with E-state index in [2.05, 4.69) is 5.32 Å². The second-order valence-corrected chi connectivity index (χ2v) is 7.64. The number of ether oxygens (including phenoxy) is 1. The first-order valence-electron chi connectivity index (χ1n) is 7.41. The van der Waals surface area contributed by atoms with Gasteiger partial charge < -0.3 is 10.1 Å². The van der Waals surface area contributed by atoms with Gasteiger partial charge in [0, 0.05) is 4.90 Å². The lowest BCUT2D eigenvalue weighted by Gasteiger charge is -2.04. The van der Waals surface area contributed by atoms with E-state index in [1.165, 1.54) is 11.8 Å². The molecule has 1 amide bonds. The van der Waals surface area contributed by atoms with Gasteiger partial charge >= 0.3 is 5.97 Å². The normalized spacial score (nSPS) is 10.1. The molecule has 0 aliphatic rings. The Balaban J connectivity index is 2.11. The molecule has 5 nitrogen and oxygen atoms in total. The van der Waals surface area contributed by atoms with Crippen molar-refractivity contribution in [2.45, 2.75) is 23.6 Å². The summed E-state index contributed by atoms with van der Waals surface area (Å²) in [7, 11) is 0. The molecule has 130 valence electrons. The van der Waals surface area contributed by atoms with Crippen LogP contribution in [-0.4, -0.2) is 24.2 Å². The summed E-state index contributed by atoms with van der Waals surface area (Å²) in [5.74, 6) is -0.388. The third-order valence-electron chi connectivity index (χ3n) is 3.07. The van der Waals surface area contributed by atoms with Crippen LogP contribution in [0.15, 0.2) is 40.1 Å². The number of nitrogens with zero attached hydrogens (tertiary/aromatic N) is 1. The van der Waals surface area contributed by atoms with Crippen LogP contribution >= 0.6 is 34.9 Å². The highest BCUT2D eigenvalue weighted by Crippen LogP contribution is 2.40.